The van der Waals surface area contributed by atoms with E-state index in [1.807, 2.05) is 0 Å². The first-order chi connectivity index (χ1) is 17.3. The minimum absolute atomic E-state index is 0.0597. The molecule has 0 aromatic heterocycles. The van der Waals surface area contributed by atoms with Crippen LogP contribution in [0.2, 0.25) is 0 Å². The van der Waals surface area contributed by atoms with Crippen molar-refractivity contribution in [1.82, 2.24) is 0 Å². The smallest absolute Gasteiger partial charge is 0.303 e. The first-order valence-corrected chi connectivity index (χ1v) is 14.4. The predicted octanol–water partition coefficient (Wildman–Crippen LogP) is 5.71. The maximum Gasteiger partial charge on any atom is 0.303 e. The van der Waals surface area contributed by atoms with Crippen molar-refractivity contribution in [2.45, 2.75) is 129 Å². The van der Waals surface area contributed by atoms with Crippen LogP contribution in [0.5, 0.6) is 0 Å². The Balaban J connectivity index is 4.69. The molecule has 7 nitrogen and oxygen atoms in total. The molecule has 0 bridgehead atoms. The fourth-order valence-electron chi connectivity index (χ4n) is 4.82. The van der Waals surface area contributed by atoms with Gasteiger partial charge in [-0.15, -0.1) is 0 Å². The molecule has 0 atom stereocenters. The maximum absolute atomic E-state index is 10.9. The summed E-state index contributed by atoms with van der Waals surface area (Å²) < 4.78 is 0.837. The van der Waals surface area contributed by atoms with Gasteiger partial charge in [0.15, 0.2) is 0 Å². The number of nitrogens with zero attached hydrogens (tertiary/aromatic N) is 1. The lowest BCUT2D eigenvalue weighted by atomic mass is 10.1. The van der Waals surface area contributed by atoms with E-state index in [0.29, 0.717) is 19.3 Å². The Hall–Kier alpha value is -1.89. The molecule has 2 N–H and O–H groups in total. The number of carboxylic acids is 3. The minimum atomic E-state index is -1.02. The summed E-state index contributed by atoms with van der Waals surface area (Å²) in [6.07, 6.45) is 21.4. The second kappa shape index (κ2) is 23.5. The van der Waals surface area contributed by atoms with E-state index < -0.39 is 17.9 Å². The quantitative estimate of drug-likeness (QED) is 0.0829. The fraction of sp³-hybridized carbons (Fsp3) is 0.828. The number of quaternary nitrogens is 1. The number of hydrogen-bond acceptors (Lipinski definition) is 4. The average molecular weight is 512 g/mol. The van der Waals surface area contributed by atoms with Crippen molar-refractivity contribution in [3.05, 3.63) is 12.2 Å². The van der Waals surface area contributed by atoms with E-state index in [1.54, 1.807) is 0 Å². The van der Waals surface area contributed by atoms with Crippen molar-refractivity contribution < 1.29 is 34.2 Å². The monoisotopic (exact) mass is 511 g/mol. The van der Waals surface area contributed by atoms with E-state index in [9.17, 15) is 19.5 Å². The Bertz CT molecular complexity index is 550. The summed E-state index contributed by atoms with van der Waals surface area (Å²) in [7, 11) is 0. The van der Waals surface area contributed by atoms with Crippen molar-refractivity contribution in [3.63, 3.8) is 0 Å². The van der Waals surface area contributed by atoms with E-state index in [0.717, 1.165) is 69.2 Å². The highest BCUT2D eigenvalue weighted by Gasteiger charge is 2.26. The zero-order valence-corrected chi connectivity index (χ0v) is 22.9. The van der Waals surface area contributed by atoms with Gasteiger partial charge in [-0.05, 0) is 83.5 Å². The Morgan fingerprint density at radius 2 is 0.972 bits per heavy atom. The van der Waals surface area contributed by atoms with Crippen LogP contribution in [0, 0.1) is 0 Å². The van der Waals surface area contributed by atoms with E-state index in [2.05, 4.69) is 19.1 Å². The van der Waals surface area contributed by atoms with Crippen LogP contribution in [0.1, 0.15) is 129 Å². The zero-order valence-electron chi connectivity index (χ0n) is 22.9. The van der Waals surface area contributed by atoms with Crippen LogP contribution >= 0.6 is 0 Å². The molecule has 7 heteroatoms. The van der Waals surface area contributed by atoms with Crippen LogP contribution in [-0.4, -0.2) is 58.8 Å². The number of rotatable bonds is 27. The second-order valence-electron chi connectivity index (χ2n) is 10.3. The normalized spacial score (nSPS) is 11.8. The third-order valence-electron chi connectivity index (χ3n) is 6.95. The van der Waals surface area contributed by atoms with Crippen molar-refractivity contribution >= 4 is 17.9 Å². The summed E-state index contributed by atoms with van der Waals surface area (Å²) in [6.45, 7) is 5.81. The molecule has 0 aliphatic carbocycles. The van der Waals surface area contributed by atoms with Gasteiger partial charge in [0.2, 0.25) is 0 Å². The molecule has 0 amide bonds. The largest absolute Gasteiger partial charge is 0.550 e. The van der Waals surface area contributed by atoms with Gasteiger partial charge in [0.25, 0.3) is 0 Å². The molecular weight excluding hydrogens is 458 g/mol. The van der Waals surface area contributed by atoms with E-state index in [1.165, 1.54) is 44.9 Å². The van der Waals surface area contributed by atoms with Crippen LogP contribution in [0.3, 0.4) is 0 Å². The Labute approximate surface area is 219 Å². The lowest BCUT2D eigenvalue weighted by Gasteiger charge is -2.39. The molecule has 0 unspecified atom stereocenters. The predicted molar refractivity (Wildman–Crippen MR) is 143 cm³/mol. The highest BCUT2D eigenvalue weighted by atomic mass is 16.4. The molecule has 0 fully saturated rings. The lowest BCUT2D eigenvalue weighted by molar-refractivity contribution is -0.929. The van der Waals surface area contributed by atoms with E-state index in [-0.39, 0.29) is 19.3 Å². The molecule has 0 rings (SSSR count). The summed E-state index contributed by atoms with van der Waals surface area (Å²) in [6, 6.07) is 0. The Morgan fingerprint density at radius 3 is 1.39 bits per heavy atom. The summed E-state index contributed by atoms with van der Waals surface area (Å²) >= 11 is 0. The van der Waals surface area contributed by atoms with Crippen molar-refractivity contribution in [3.8, 4) is 0 Å². The lowest BCUT2D eigenvalue weighted by Crippen LogP contribution is -2.51. The van der Waals surface area contributed by atoms with Gasteiger partial charge in [-0.3, -0.25) is 9.59 Å². The average Bonchev–Trinajstić information content (AvgIpc) is 2.82. The summed E-state index contributed by atoms with van der Waals surface area (Å²) in [5.41, 5.74) is 0. The SMILES string of the molecule is CCCCCC/C=C/CCCCCC[N+](CCCCC(=O)[O-])(CCCCC(=O)O)CCCCC(=O)O. The third kappa shape index (κ3) is 22.6. The molecule has 0 aromatic rings. The Kier molecular flexibility index (Phi) is 22.3. The summed E-state index contributed by atoms with van der Waals surface area (Å²) in [5.74, 6) is -2.58. The summed E-state index contributed by atoms with van der Waals surface area (Å²) in [5, 5.41) is 28.8. The molecule has 0 aliphatic rings. The van der Waals surface area contributed by atoms with Gasteiger partial charge in [0.1, 0.15) is 0 Å². The molecule has 0 spiro atoms. The van der Waals surface area contributed by atoms with E-state index >= 15 is 0 Å². The Morgan fingerprint density at radius 1 is 0.583 bits per heavy atom. The van der Waals surface area contributed by atoms with Gasteiger partial charge in [-0.2, -0.15) is 0 Å². The highest BCUT2D eigenvalue weighted by molar-refractivity contribution is 5.66. The van der Waals surface area contributed by atoms with Crippen molar-refractivity contribution in [1.29, 1.82) is 0 Å². The molecule has 210 valence electrons. The van der Waals surface area contributed by atoms with Crippen molar-refractivity contribution in [2.75, 3.05) is 26.2 Å². The minimum Gasteiger partial charge on any atom is -0.550 e. The molecule has 0 radical (unpaired) electrons. The van der Waals surface area contributed by atoms with Gasteiger partial charge in [-0.1, -0.05) is 44.8 Å². The molecule has 0 saturated heterocycles. The molecular formula is C29H53NO6. The zero-order chi connectivity index (χ0) is 26.9. The molecule has 0 aromatic carbocycles. The van der Waals surface area contributed by atoms with Gasteiger partial charge >= 0.3 is 11.9 Å². The standard InChI is InChI=1S/C29H53NO6/c1-2-3-4-5-6-7-8-9-10-11-12-16-23-30(24-17-13-20-27(31)32,25-18-14-21-28(33)34)26-19-15-22-29(35)36/h7-8H,2-6,9-26H2,1H3,(H2-,31,32,33,34,35,36)/b8-7+. The van der Waals surface area contributed by atoms with Gasteiger partial charge in [0.05, 0.1) is 26.2 Å². The molecule has 0 aliphatic heterocycles. The van der Waals surface area contributed by atoms with Crippen LogP contribution in [0.4, 0.5) is 0 Å². The van der Waals surface area contributed by atoms with Gasteiger partial charge < -0.3 is 24.6 Å². The van der Waals surface area contributed by atoms with E-state index in [4.69, 9.17) is 10.2 Å². The van der Waals surface area contributed by atoms with Crippen LogP contribution in [0.15, 0.2) is 12.2 Å². The first kappa shape index (κ1) is 34.1. The molecule has 36 heavy (non-hydrogen) atoms. The number of carboxylic acid groups (broad SMARTS) is 3. The first-order valence-electron chi connectivity index (χ1n) is 14.4. The summed E-state index contributed by atoms with van der Waals surface area (Å²) in [4.78, 5) is 32.7. The molecule has 0 saturated carbocycles. The number of carbonyl (C=O) groups excluding carboxylic acids is 1. The number of aliphatic carboxylic acids is 3. The highest BCUT2D eigenvalue weighted by Crippen LogP contribution is 2.19. The number of unbranched alkanes of at least 4 members (excludes halogenated alkanes) is 11. The number of hydrogen-bond donors (Lipinski definition) is 2. The van der Waals surface area contributed by atoms with Crippen molar-refractivity contribution in [2.24, 2.45) is 0 Å². The van der Waals surface area contributed by atoms with Crippen LogP contribution in [0.25, 0.3) is 0 Å². The number of allylic oxidation sites excluding steroid dienone is 2. The maximum atomic E-state index is 10.9. The van der Waals surface area contributed by atoms with Crippen LogP contribution < -0.4 is 5.11 Å². The molecule has 0 heterocycles. The third-order valence-corrected chi connectivity index (χ3v) is 6.95. The van der Waals surface area contributed by atoms with Crippen LogP contribution in [-0.2, 0) is 14.4 Å². The topological polar surface area (TPSA) is 115 Å². The van der Waals surface area contributed by atoms with Gasteiger partial charge in [-0.25, -0.2) is 0 Å². The second-order valence-corrected chi connectivity index (χ2v) is 10.3. The van der Waals surface area contributed by atoms with Gasteiger partial charge in [0, 0.05) is 18.8 Å². The number of carbonyl (C=O) groups is 3. The fourth-order valence-corrected chi connectivity index (χ4v) is 4.82.